The first-order chi connectivity index (χ1) is 17.3. The number of aromatic hydroxyl groups is 4. The Balaban J connectivity index is 1.62. The highest BCUT2D eigenvalue weighted by Gasteiger charge is 2.42. The number of ether oxygens (including phenoxy) is 1. The number of fused-ring (bicyclic) bond motifs is 1. The van der Waals surface area contributed by atoms with E-state index in [2.05, 4.69) is 23.4 Å². The fourth-order valence-corrected chi connectivity index (χ4v) is 7.45. The van der Waals surface area contributed by atoms with Crippen LogP contribution in [-0.4, -0.2) is 76.3 Å². The van der Waals surface area contributed by atoms with Gasteiger partial charge in [0.05, 0.1) is 13.2 Å². The monoisotopic (exact) mass is 514 g/mol. The van der Waals surface area contributed by atoms with Gasteiger partial charge in [-0.15, -0.1) is 0 Å². The minimum atomic E-state index is -0.456. The summed E-state index contributed by atoms with van der Waals surface area (Å²) >= 11 is 0. The number of likely N-dealkylation sites (tertiary alicyclic amines) is 1. The van der Waals surface area contributed by atoms with E-state index in [-0.39, 0.29) is 23.0 Å². The maximum Gasteiger partial charge on any atom is 0.162 e. The molecule has 2 aromatic carbocycles. The molecule has 2 unspecified atom stereocenters. The highest BCUT2D eigenvalue weighted by Crippen LogP contribution is 2.52. The van der Waals surface area contributed by atoms with E-state index in [9.17, 15) is 20.4 Å². The zero-order valence-corrected chi connectivity index (χ0v) is 22.4. The molecule has 0 bridgehead atoms. The van der Waals surface area contributed by atoms with Gasteiger partial charge >= 0.3 is 0 Å². The Bertz CT molecular complexity index is 1130. The summed E-state index contributed by atoms with van der Waals surface area (Å²) in [5.74, 6) is -0.201. The van der Waals surface area contributed by atoms with Gasteiger partial charge in [-0.1, -0.05) is 21.9 Å². The minimum absolute atomic E-state index is 0.00302. The maximum atomic E-state index is 11.1. The van der Waals surface area contributed by atoms with Crippen molar-refractivity contribution >= 4 is 13.9 Å². The molecule has 7 nitrogen and oxygen atoms in total. The second-order valence-corrected chi connectivity index (χ2v) is 11.7. The van der Waals surface area contributed by atoms with Gasteiger partial charge in [0.25, 0.3) is 0 Å². The van der Waals surface area contributed by atoms with Crippen LogP contribution in [0.15, 0.2) is 12.1 Å². The Kier molecular flexibility index (Phi) is 7.37. The lowest BCUT2D eigenvalue weighted by atomic mass is 9.74. The summed E-state index contributed by atoms with van der Waals surface area (Å²) in [6, 6.07) is 3.45. The van der Waals surface area contributed by atoms with Gasteiger partial charge in [0.2, 0.25) is 0 Å². The van der Waals surface area contributed by atoms with Crippen LogP contribution >= 0.6 is 8.58 Å². The second kappa shape index (κ2) is 10.4. The van der Waals surface area contributed by atoms with Gasteiger partial charge in [-0.25, -0.2) is 0 Å². The third kappa shape index (κ3) is 4.56. The quantitative estimate of drug-likeness (QED) is 0.346. The van der Waals surface area contributed by atoms with Crippen LogP contribution in [0.5, 0.6) is 23.0 Å². The molecule has 0 aromatic heterocycles. The van der Waals surface area contributed by atoms with E-state index in [0.29, 0.717) is 34.9 Å². The molecule has 2 aromatic rings. The second-order valence-electron chi connectivity index (χ2n) is 10.7. The fraction of sp³-hybridized carbons (Fsp3) is 0.571. The van der Waals surface area contributed by atoms with Gasteiger partial charge in [-0.2, -0.15) is 0 Å². The number of rotatable bonds is 6. The topological polar surface area (TPSA) is 96.6 Å². The van der Waals surface area contributed by atoms with E-state index in [1.807, 2.05) is 0 Å². The maximum absolute atomic E-state index is 11.1. The number of benzene rings is 2. The Labute approximate surface area is 215 Å². The fourth-order valence-electron chi connectivity index (χ4n) is 6.49. The third-order valence-electron chi connectivity index (χ3n) is 8.49. The predicted molar refractivity (Wildman–Crippen MR) is 143 cm³/mol. The molecule has 0 amide bonds. The molecule has 2 fully saturated rings. The number of piperidine rings is 1. The predicted octanol–water partition coefficient (Wildman–Crippen LogP) is 3.51. The third-order valence-corrected chi connectivity index (χ3v) is 9.42. The van der Waals surface area contributed by atoms with Gasteiger partial charge in [-0.3, -0.25) is 9.80 Å². The van der Waals surface area contributed by atoms with Crippen molar-refractivity contribution < 1.29 is 25.2 Å². The van der Waals surface area contributed by atoms with Crippen molar-refractivity contribution in [1.82, 2.24) is 9.80 Å². The van der Waals surface area contributed by atoms with Gasteiger partial charge in [0.15, 0.2) is 23.0 Å². The van der Waals surface area contributed by atoms with Crippen molar-refractivity contribution in [3.8, 4) is 23.0 Å². The number of morpholine rings is 1. The number of nitrogens with zero attached hydrogens (tertiary/aromatic N) is 2. The smallest absolute Gasteiger partial charge is 0.162 e. The van der Waals surface area contributed by atoms with Crippen molar-refractivity contribution in [3.05, 3.63) is 39.9 Å². The molecule has 2 saturated heterocycles. The molecule has 8 heteroatoms. The van der Waals surface area contributed by atoms with Crippen LogP contribution in [0.25, 0.3) is 0 Å². The Morgan fingerprint density at radius 2 is 1.47 bits per heavy atom. The highest BCUT2D eigenvalue weighted by atomic mass is 31.1. The van der Waals surface area contributed by atoms with Crippen LogP contribution in [0.4, 0.5) is 0 Å². The lowest BCUT2D eigenvalue weighted by molar-refractivity contribution is 0.0336. The standard InChI is InChI=1S/C28H39N2O5P/c1-28(25-20(17-30-10-12-35-13-11-30)27(34)23(32)15-24(25)36-2)7-6-18-19(16-29-8-4-3-5-9-29)26(33)22(31)14-21(18)28/h14-15,31-34,36H,3-13,16-17H2,1-2H3. The highest BCUT2D eigenvalue weighted by molar-refractivity contribution is 7.46. The lowest BCUT2D eigenvalue weighted by Gasteiger charge is -2.35. The van der Waals surface area contributed by atoms with E-state index < -0.39 is 5.41 Å². The van der Waals surface area contributed by atoms with Crippen LogP contribution in [-0.2, 0) is 29.7 Å². The van der Waals surface area contributed by atoms with Gasteiger partial charge < -0.3 is 25.2 Å². The zero-order valence-electron chi connectivity index (χ0n) is 21.4. The molecule has 196 valence electrons. The number of phenolic OH excluding ortho intramolecular Hbond substituents is 4. The number of phenols is 4. The molecule has 0 radical (unpaired) electrons. The average Bonchev–Trinajstić information content (AvgIpc) is 3.22. The molecule has 4 N–H and O–H groups in total. The molecule has 36 heavy (non-hydrogen) atoms. The first-order valence-electron chi connectivity index (χ1n) is 13.2. The van der Waals surface area contributed by atoms with Crippen molar-refractivity contribution in [3.63, 3.8) is 0 Å². The zero-order chi connectivity index (χ0) is 25.4. The van der Waals surface area contributed by atoms with Crippen LogP contribution < -0.4 is 5.30 Å². The molecule has 2 aliphatic heterocycles. The summed E-state index contributed by atoms with van der Waals surface area (Å²) in [6.07, 6.45) is 5.19. The SMILES string of the molecule is CPc1cc(O)c(O)c(CN2CCOCC2)c1C1(C)CCc2c1cc(O)c(O)c2CN1CCCCC1. The summed E-state index contributed by atoms with van der Waals surface area (Å²) in [5, 5.41) is 44.6. The Morgan fingerprint density at radius 3 is 2.17 bits per heavy atom. The van der Waals surface area contributed by atoms with Crippen LogP contribution in [0.2, 0.25) is 0 Å². The Morgan fingerprint density at radius 1 is 0.861 bits per heavy atom. The van der Waals surface area contributed by atoms with E-state index in [4.69, 9.17) is 4.74 Å². The van der Waals surface area contributed by atoms with Crippen molar-refractivity contribution in [2.24, 2.45) is 0 Å². The van der Waals surface area contributed by atoms with E-state index in [1.165, 1.54) is 6.42 Å². The van der Waals surface area contributed by atoms with Crippen LogP contribution in [0, 0.1) is 0 Å². The molecular weight excluding hydrogens is 475 g/mol. The number of hydrogen-bond acceptors (Lipinski definition) is 7. The van der Waals surface area contributed by atoms with Crippen molar-refractivity contribution in [2.75, 3.05) is 46.1 Å². The summed E-state index contributed by atoms with van der Waals surface area (Å²) < 4.78 is 5.52. The summed E-state index contributed by atoms with van der Waals surface area (Å²) in [4.78, 5) is 4.64. The first-order valence-corrected chi connectivity index (χ1v) is 14.7. The number of hydrogen-bond donors (Lipinski definition) is 4. The lowest BCUT2D eigenvalue weighted by Crippen LogP contribution is -2.37. The molecule has 0 spiro atoms. The molecular formula is C28H39N2O5P. The van der Waals surface area contributed by atoms with Crippen LogP contribution in [0.3, 0.4) is 0 Å². The Hall–Kier alpha value is -2.05. The molecule has 1 aliphatic carbocycles. The molecule has 0 saturated carbocycles. The largest absolute Gasteiger partial charge is 0.504 e. The molecule has 2 heterocycles. The molecule has 3 aliphatic rings. The summed E-state index contributed by atoms with van der Waals surface area (Å²) in [6.45, 7) is 10.4. The summed E-state index contributed by atoms with van der Waals surface area (Å²) in [5.41, 5.74) is 4.35. The first kappa shape index (κ1) is 25.6. The molecule has 2 atom stereocenters. The minimum Gasteiger partial charge on any atom is -0.504 e. The van der Waals surface area contributed by atoms with E-state index in [1.54, 1.807) is 12.1 Å². The van der Waals surface area contributed by atoms with E-state index in [0.717, 1.165) is 85.0 Å². The van der Waals surface area contributed by atoms with Crippen molar-refractivity contribution in [2.45, 2.75) is 57.5 Å². The van der Waals surface area contributed by atoms with Crippen LogP contribution in [0.1, 0.15) is 60.4 Å². The molecule has 5 rings (SSSR count). The van der Waals surface area contributed by atoms with Gasteiger partial charge in [-0.05, 0) is 79.6 Å². The van der Waals surface area contributed by atoms with E-state index >= 15 is 0 Å². The average molecular weight is 515 g/mol. The van der Waals surface area contributed by atoms with Gasteiger partial charge in [0, 0.05) is 42.7 Å². The van der Waals surface area contributed by atoms with Gasteiger partial charge in [0.1, 0.15) is 0 Å². The normalized spacial score (nSPS) is 23.5. The summed E-state index contributed by atoms with van der Waals surface area (Å²) in [7, 11) is 0.436. The van der Waals surface area contributed by atoms with Crippen molar-refractivity contribution in [1.29, 1.82) is 0 Å².